The Morgan fingerprint density at radius 1 is 1.15 bits per heavy atom. The molecule has 1 amide bonds. The predicted molar refractivity (Wildman–Crippen MR) is 67.2 cm³/mol. The van der Waals surface area contributed by atoms with E-state index in [9.17, 15) is 18.0 Å². The van der Waals surface area contributed by atoms with Crippen molar-refractivity contribution in [3.05, 3.63) is 0 Å². The average Bonchev–Trinajstić information content (AvgIpc) is 2.27. The molecule has 0 aromatic heterocycles. The van der Waals surface area contributed by atoms with E-state index < -0.39 is 12.1 Å². The number of carbonyl (C=O) groups excluding carboxylic acids is 1. The van der Waals surface area contributed by atoms with Crippen LogP contribution in [0.2, 0.25) is 0 Å². The van der Waals surface area contributed by atoms with Gasteiger partial charge in [0.1, 0.15) is 0 Å². The highest BCUT2D eigenvalue weighted by Gasteiger charge is 2.38. The molecule has 0 spiro atoms. The van der Waals surface area contributed by atoms with Crippen molar-refractivity contribution in [2.24, 2.45) is 5.41 Å². The van der Waals surface area contributed by atoms with Crippen LogP contribution in [0.4, 0.5) is 13.2 Å². The van der Waals surface area contributed by atoms with Gasteiger partial charge in [0, 0.05) is 32.6 Å². The van der Waals surface area contributed by atoms with Gasteiger partial charge in [0.25, 0.3) is 0 Å². The van der Waals surface area contributed by atoms with Gasteiger partial charge in [-0.15, -0.1) is 0 Å². The number of nitrogens with zero attached hydrogens (tertiary/aromatic N) is 1. The molecule has 0 radical (unpaired) electrons. The van der Waals surface area contributed by atoms with Crippen molar-refractivity contribution in [3.63, 3.8) is 0 Å². The first-order valence-corrected chi connectivity index (χ1v) is 6.22. The SMILES string of the molecule is CC(C)(C)CC(=O)N1CCNCC1.O=C(O)C(F)(F)F. The molecule has 0 atom stereocenters. The third-order valence-electron chi connectivity index (χ3n) is 2.39. The lowest BCUT2D eigenvalue weighted by Crippen LogP contribution is -2.47. The van der Waals surface area contributed by atoms with Gasteiger partial charge in [-0.2, -0.15) is 13.2 Å². The first-order chi connectivity index (χ1) is 8.93. The summed E-state index contributed by atoms with van der Waals surface area (Å²) in [6, 6.07) is 0. The molecule has 0 aliphatic carbocycles. The van der Waals surface area contributed by atoms with Crippen molar-refractivity contribution in [1.29, 1.82) is 0 Å². The standard InChI is InChI=1S/C10H20N2O.C2HF3O2/c1-10(2,3)8-9(13)12-6-4-11-5-7-12;3-2(4,5)1(6)7/h11H,4-8H2,1-3H3;(H,6,7). The number of carboxylic acids is 1. The molecule has 8 heteroatoms. The molecular formula is C12H21F3N2O3. The van der Waals surface area contributed by atoms with E-state index in [2.05, 4.69) is 26.1 Å². The van der Waals surface area contributed by atoms with Crippen LogP contribution in [-0.2, 0) is 9.59 Å². The Labute approximate surface area is 116 Å². The molecule has 5 nitrogen and oxygen atoms in total. The maximum Gasteiger partial charge on any atom is 0.490 e. The van der Waals surface area contributed by atoms with E-state index in [1.807, 2.05) is 4.90 Å². The van der Waals surface area contributed by atoms with E-state index in [0.29, 0.717) is 12.3 Å². The number of alkyl halides is 3. The van der Waals surface area contributed by atoms with Crippen LogP contribution in [0.25, 0.3) is 0 Å². The highest BCUT2D eigenvalue weighted by atomic mass is 19.4. The highest BCUT2D eigenvalue weighted by Crippen LogP contribution is 2.19. The summed E-state index contributed by atoms with van der Waals surface area (Å²) in [5.41, 5.74) is 0.113. The summed E-state index contributed by atoms with van der Waals surface area (Å²) in [5, 5.41) is 10.4. The zero-order chi connectivity index (χ0) is 16.0. The molecule has 118 valence electrons. The van der Waals surface area contributed by atoms with E-state index in [-0.39, 0.29) is 5.41 Å². The molecule has 0 unspecified atom stereocenters. The van der Waals surface area contributed by atoms with Gasteiger partial charge in [-0.1, -0.05) is 20.8 Å². The van der Waals surface area contributed by atoms with Gasteiger partial charge >= 0.3 is 12.1 Å². The Morgan fingerprint density at radius 3 is 1.85 bits per heavy atom. The Hall–Kier alpha value is -1.31. The second-order valence-electron chi connectivity index (χ2n) is 5.67. The van der Waals surface area contributed by atoms with E-state index >= 15 is 0 Å². The molecule has 0 aromatic carbocycles. The molecule has 1 heterocycles. The summed E-state index contributed by atoms with van der Waals surface area (Å²) >= 11 is 0. The van der Waals surface area contributed by atoms with Gasteiger partial charge in [-0.25, -0.2) is 4.79 Å². The van der Waals surface area contributed by atoms with Crippen LogP contribution in [0.5, 0.6) is 0 Å². The number of piperazine rings is 1. The molecule has 20 heavy (non-hydrogen) atoms. The second kappa shape index (κ2) is 7.47. The topological polar surface area (TPSA) is 69.6 Å². The maximum absolute atomic E-state index is 11.7. The molecule has 1 aliphatic rings. The summed E-state index contributed by atoms with van der Waals surface area (Å²) in [4.78, 5) is 22.6. The lowest BCUT2D eigenvalue weighted by molar-refractivity contribution is -0.192. The first-order valence-electron chi connectivity index (χ1n) is 6.22. The predicted octanol–water partition coefficient (Wildman–Crippen LogP) is 1.49. The van der Waals surface area contributed by atoms with Gasteiger partial charge in [-0.3, -0.25) is 4.79 Å². The minimum atomic E-state index is -5.08. The summed E-state index contributed by atoms with van der Waals surface area (Å²) in [5.74, 6) is -2.46. The van der Waals surface area contributed by atoms with Crippen LogP contribution in [0, 0.1) is 5.41 Å². The summed E-state index contributed by atoms with van der Waals surface area (Å²) in [6.07, 6.45) is -4.42. The van der Waals surface area contributed by atoms with Crippen molar-refractivity contribution in [2.45, 2.75) is 33.4 Å². The zero-order valence-electron chi connectivity index (χ0n) is 11.9. The normalized spacial score (nSPS) is 16.2. The monoisotopic (exact) mass is 298 g/mol. The lowest BCUT2D eigenvalue weighted by atomic mass is 9.91. The maximum atomic E-state index is 11.7. The van der Waals surface area contributed by atoms with Gasteiger partial charge < -0.3 is 15.3 Å². The number of aliphatic carboxylic acids is 1. The minimum absolute atomic E-state index is 0.113. The Kier molecular flexibility index (Phi) is 6.98. The van der Waals surface area contributed by atoms with E-state index in [0.717, 1.165) is 26.2 Å². The number of rotatable bonds is 1. The van der Waals surface area contributed by atoms with Gasteiger partial charge in [0.05, 0.1) is 0 Å². The van der Waals surface area contributed by atoms with Crippen LogP contribution in [0.3, 0.4) is 0 Å². The van der Waals surface area contributed by atoms with Crippen LogP contribution in [0.15, 0.2) is 0 Å². The van der Waals surface area contributed by atoms with E-state index in [4.69, 9.17) is 9.90 Å². The van der Waals surface area contributed by atoms with Crippen LogP contribution in [-0.4, -0.2) is 54.2 Å². The van der Waals surface area contributed by atoms with E-state index in [1.54, 1.807) is 0 Å². The summed E-state index contributed by atoms with van der Waals surface area (Å²) in [6.45, 7) is 9.93. The molecular weight excluding hydrogens is 277 g/mol. The molecule has 0 aromatic rings. The van der Waals surface area contributed by atoms with Crippen LogP contribution < -0.4 is 5.32 Å². The smallest absolute Gasteiger partial charge is 0.475 e. The number of carbonyl (C=O) groups is 2. The number of halogens is 3. The van der Waals surface area contributed by atoms with Crippen LogP contribution in [0.1, 0.15) is 27.2 Å². The minimum Gasteiger partial charge on any atom is -0.475 e. The highest BCUT2D eigenvalue weighted by molar-refractivity contribution is 5.76. The fraction of sp³-hybridized carbons (Fsp3) is 0.833. The molecule has 1 aliphatic heterocycles. The third-order valence-corrected chi connectivity index (χ3v) is 2.39. The fourth-order valence-corrected chi connectivity index (χ4v) is 1.48. The molecule has 2 N–H and O–H groups in total. The van der Waals surface area contributed by atoms with Crippen molar-refractivity contribution < 1.29 is 27.9 Å². The first kappa shape index (κ1) is 18.7. The zero-order valence-corrected chi connectivity index (χ0v) is 11.9. The fourth-order valence-electron chi connectivity index (χ4n) is 1.48. The van der Waals surface area contributed by atoms with Crippen LogP contribution >= 0.6 is 0 Å². The van der Waals surface area contributed by atoms with Crippen molar-refractivity contribution >= 4 is 11.9 Å². The van der Waals surface area contributed by atoms with Crippen molar-refractivity contribution in [2.75, 3.05) is 26.2 Å². The number of nitrogens with one attached hydrogen (secondary N) is 1. The lowest BCUT2D eigenvalue weighted by Gasteiger charge is -2.30. The van der Waals surface area contributed by atoms with E-state index in [1.165, 1.54) is 0 Å². The summed E-state index contributed by atoms with van der Waals surface area (Å²) in [7, 11) is 0. The Bertz CT molecular complexity index is 332. The molecule has 0 saturated carbocycles. The number of hydrogen-bond acceptors (Lipinski definition) is 3. The second-order valence-corrected chi connectivity index (χ2v) is 5.67. The summed E-state index contributed by atoms with van der Waals surface area (Å²) < 4.78 is 31.7. The molecule has 0 bridgehead atoms. The van der Waals surface area contributed by atoms with Crippen molar-refractivity contribution in [3.8, 4) is 0 Å². The third kappa shape index (κ3) is 8.73. The molecule has 1 rings (SSSR count). The van der Waals surface area contributed by atoms with Gasteiger partial charge in [-0.05, 0) is 5.41 Å². The Balaban J connectivity index is 0.000000441. The molecule has 1 fully saturated rings. The largest absolute Gasteiger partial charge is 0.490 e. The average molecular weight is 298 g/mol. The van der Waals surface area contributed by atoms with Gasteiger partial charge in [0.15, 0.2) is 0 Å². The molecule has 1 saturated heterocycles. The number of amides is 1. The Morgan fingerprint density at radius 2 is 1.55 bits per heavy atom. The number of hydrogen-bond donors (Lipinski definition) is 2. The van der Waals surface area contributed by atoms with Gasteiger partial charge in [0.2, 0.25) is 5.91 Å². The quantitative estimate of drug-likeness (QED) is 0.769. The van der Waals surface area contributed by atoms with Crippen molar-refractivity contribution in [1.82, 2.24) is 10.2 Å². The number of carboxylic acid groups (broad SMARTS) is 1.